The molecule has 1 heterocycles. The molecule has 0 saturated carbocycles. The van der Waals surface area contributed by atoms with E-state index < -0.39 is 11.7 Å². The van der Waals surface area contributed by atoms with Crippen LogP contribution in [0.5, 0.6) is 0 Å². The van der Waals surface area contributed by atoms with Crippen molar-refractivity contribution in [3.8, 4) is 0 Å². The number of aliphatic carboxylic acids is 1. The number of hydrogen-bond donors (Lipinski definition) is 1. The molecule has 1 aliphatic rings. The third-order valence-corrected chi connectivity index (χ3v) is 1.31. The summed E-state index contributed by atoms with van der Waals surface area (Å²) in [6, 6.07) is 0. The van der Waals surface area contributed by atoms with E-state index in [2.05, 4.69) is 4.99 Å². The Hall–Kier alpha value is -0.900. The van der Waals surface area contributed by atoms with E-state index in [4.69, 9.17) is 9.84 Å². The molecule has 0 aliphatic carbocycles. The van der Waals surface area contributed by atoms with Crippen LogP contribution in [0.1, 0.15) is 13.3 Å². The van der Waals surface area contributed by atoms with Gasteiger partial charge in [-0.1, -0.05) is 0 Å². The highest BCUT2D eigenvalue weighted by molar-refractivity contribution is 5.70. The number of rotatable bonds is 2. The summed E-state index contributed by atoms with van der Waals surface area (Å²) >= 11 is 0. The molecule has 0 spiro atoms. The molecule has 1 unspecified atom stereocenters. The Morgan fingerprint density at radius 1 is 2.00 bits per heavy atom. The maximum absolute atomic E-state index is 10.2. The maximum atomic E-state index is 10.2. The van der Waals surface area contributed by atoms with Crippen LogP contribution in [0.15, 0.2) is 4.99 Å². The van der Waals surface area contributed by atoms with Gasteiger partial charge in [0.2, 0.25) is 0 Å². The Morgan fingerprint density at radius 2 is 2.70 bits per heavy atom. The third kappa shape index (κ3) is 1.54. The maximum Gasteiger partial charge on any atom is 0.308 e. The summed E-state index contributed by atoms with van der Waals surface area (Å²) in [5.74, 6) is -0.887. The molecule has 0 amide bonds. The molecule has 0 aromatic heterocycles. The van der Waals surface area contributed by atoms with Crippen molar-refractivity contribution in [1.82, 2.24) is 0 Å². The van der Waals surface area contributed by atoms with E-state index in [1.807, 2.05) is 0 Å². The van der Waals surface area contributed by atoms with Gasteiger partial charge in [0.15, 0.2) is 5.72 Å². The monoisotopic (exact) mass is 143 g/mol. The number of carbonyl (C=O) groups is 1. The van der Waals surface area contributed by atoms with Gasteiger partial charge >= 0.3 is 5.97 Å². The Balaban J connectivity index is 2.52. The Kier molecular flexibility index (Phi) is 1.72. The average molecular weight is 143 g/mol. The lowest BCUT2D eigenvalue weighted by Gasteiger charge is -2.16. The largest absolute Gasteiger partial charge is 0.481 e. The third-order valence-electron chi connectivity index (χ3n) is 1.31. The fourth-order valence-electron chi connectivity index (χ4n) is 0.862. The molecule has 1 rings (SSSR count). The highest BCUT2D eigenvalue weighted by Gasteiger charge is 2.29. The molecule has 0 aromatic rings. The summed E-state index contributed by atoms with van der Waals surface area (Å²) < 4.78 is 5.05. The lowest BCUT2D eigenvalue weighted by atomic mass is 10.2. The second kappa shape index (κ2) is 2.38. The summed E-state index contributed by atoms with van der Waals surface area (Å²) in [6.45, 7) is 2.08. The highest BCUT2D eigenvalue weighted by atomic mass is 16.5. The molecule has 0 radical (unpaired) electrons. The molecule has 0 aromatic carbocycles. The van der Waals surface area contributed by atoms with E-state index in [0.717, 1.165) is 0 Å². The van der Waals surface area contributed by atoms with Crippen molar-refractivity contribution in [3.63, 3.8) is 0 Å². The Morgan fingerprint density at radius 3 is 3.10 bits per heavy atom. The molecule has 1 aliphatic heterocycles. The van der Waals surface area contributed by atoms with Crippen molar-refractivity contribution >= 4 is 12.2 Å². The van der Waals surface area contributed by atoms with Gasteiger partial charge in [-0.05, 0) is 6.92 Å². The number of ether oxygens (including phenoxy) is 1. The van der Waals surface area contributed by atoms with E-state index in [1.165, 1.54) is 0 Å². The second-order valence-electron chi connectivity index (χ2n) is 2.37. The molecule has 1 N–H and O–H groups in total. The average Bonchev–Trinajstić information content (AvgIpc) is 2.12. The smallest absolute Gasteiger partial charge is 0.308 e. The summed E-state index contributed by atoms with van der Waals surface area (Å²) in [7, 11) is 0. The molecular formula is C6H9NO3. The lowest BCUT2D eigenvalue weighted by Crippen LogP contribution is -2.25. The number of aliphatic imine (C=N–C) groups is 1. The topological polar surface area (TPSA) is 58.9 Å². The molecule has 4 heteroatoms. The second-order valence-corrected chi connectivity index (χ2v) is 2.37. The van der Waals surface area contributed by atoms with Gasteiger partial charge in [0, 0.05) is 6.21 Å². The van der Waals surface area contributed by atoms with E-state index in [9.17, 15) is 4.79 Å². The molecule has 1 atom stereocenters. The number of carboxylic acids is 1. The van der Waals surface area contributed by atoms with Crippen LogP contribution in [0.3, 0.4) is 0 Å². The highest BCUT2D eigenvalue weighted by Crippen LogP contribution is 2.19. The Labute approximate surface area is 58.5 Å². The van der Waals surface area contributed by atoms with E-state index in [0.29, 0.717) is 6.61 Å². The van der Waals surface area contributed by atoms with E-state index >= 15 is 0 Å². The van der Waals surface area contributed by atoms with Crippen LogP contribution in [-0.2, 0) is 9.53 Å². The minimum Gasteiger partial charge on any atom is -0.481 e. The van der Waals surface area contributed by atoms with Crippen LogP contribution in [0.2, 0.25) is 0 Å². The summed E-state index contributed by atoms with van der Waals surface area (Å²) in [6.07, 6.45) is 1.52. The fourth-order valence-corrected chi connectivity index (χ4v) is 0.862. The van der Waals surface area contributed by atoms with E-state index in [1.54, 1.807) is 13.1 Å². The van der Waals surface area contributed by atoms with Crippen LogP contribution in [0, 0.1) is 0 Å². The minimum atomic E-state index is -0.887. The van der Waals surface area contributed by atoms with Crippen molar-refractivity contribution in [3.05, 3.63) is 0 Å². The molecule has 4 nitrogen and oxygen atoms in total. The number of hydrogen-bond acceptors (Lipinski definition) is 3. The quantitative estimate of drug-likeness (QED) is 0.604. The van der Waals surface area contributed by atoms with Gasteiger partial charge in [0.05, 0.1) is 13.0 Å². The first-order valence-corrected chi connectivity index (χ1v) is 3.02. The zero-order valence-corrected chi connectivity index (χ0v) is 5.70. The van der Waals surface area contributed by atoms with Gasteiger partial charge in [0.1, 0.15) is 0 Å². The van der Waals surface area contributed by atoms with Crippen molar-refractivity contribution in [1.29, 1.82) is 0 Å². The zero-order valence-electron chi connectivity index (χ0n) is 5.70. The normalized spacial score (nSPS) is 30.9. The molecule has 10 heavy (non-hydrogen) atoms. The van der Waals surface area contributed by atoms with Gasteiger partial charge in [0.25, 0.3) is 0 Å². The van der Waals surface area contributed by atoms with Crippen LogP contribution < -0.4 is 0 Å². The van der Waals surface area contributed by atoms with Crippen LogP contribution in [-0.4, -0.2) is 29.6 Å². The van der Waals surface area contributed by atoms with Gasteiger partial charge in [-0.3, -0.25) is 9.79 Å². The first kappa shape index (κ1) is 7.21. The predicted octanol–water partition coefficient (Wildman–Crippen LogP) is 0.278. The van der Waals surface area contributed by atoms with Crippen molar-refractivity contribution in [2.45, 2.75) is 19.1 Å². The van der Waals surface area contributed by atoms with Crippen LogP contribution >= 0.6 is 0 Å². The first-order valence-electron chi connectivity index (χ1n) is 3.02. The molecule has 0 saturated heterocycles. The Bertz CT molecular complexity index is 178. The summed E-state index contributed by atoms with van der Waals surface area (Å²) in [4.78, 5) is 14.1. The van der Waals surface area contributed by atoms with E-state index in [-0.39, 0.29) is 6.42 Å². The standard InChI is InChI=1S/C6H9NO3/c1-6(4-5(8)9)7-2-3-10-6/h2H,3-4H2,1H3,(H,8,9). The molecule has 0 bridgehead atoms. The summed E-state index contributed by atoms with van der Waals surface area (Å²) in [5, 5.41) is 8.39. The van der Waals surface area contributed by atoms with Crippen molar-refractivity contribution in [2.75, 3.05) is 6.61 Å². The molecular weight excluding hydrogens is 134 g/mol. The molecule has 0 fully saturated rings. The number of nitrogens with zero attached hydrogens (tertiary/aromatic N) is 1. The van der Waals surface area contributed by atoms with Gasteiger partial charge in [-0.25, -0.2) is 0 Å². The van der Waals surface area contributed by atoms with Crippen LogP contribution in [0.25, 0.3) is 0 Å². The van der Waals surface area contributed by atoms with Crippen molar-refractivity contribution in [2.24, 2.45) is 4.99 Å². The summed E-state index contributed by atoms with van der Waals surface area (Å²) in [5.41, 5.74) is -0.814. The van der Waals surface area contributed by atoms with Gasteiger partial charge < -0.3 is 9.84 Å². The predicted molar refractivity (Wildman–Crippen MR) is 35.1 cm³/mol. The van der Waals surface area contributed by atoms with Crippen LogP contribution in [0.4, 0.5) is 0 Å². The SMILES string of the molecule is CC1(CC(=O)O)N=CCO1. The zero-order chi connectivity index (χ0) is 7.61. The van der Waals surface area contributed by atoms with Gasteiger partial charge in [-0.15, -0.1) is 0 Å². The minimum absolute atomic E-state index is 0.0660. The van der Waals surface area contributed by atoms with Gasteiger partial charge in [-0.2, -0.15) is 0 Å². The first-order chi connectivity index (χ1) is 4.62. The fraction of sp³-hybridized carbons (Fsp3) is 0.667. The number of carboxylic acid groups (broad SMARTS) is 1. The molecule has 56 valence electrons. The lowest BCUT2D eigenvalue weighted by molar-refractivity contribution is -0.142. The van der Waals surface area contributed by atoms with Crippen molar-refractivity contribution < 1.29 is 14.6 Å².